The van der Waals surface area contributed by atoms with E-state index in [1.807, 2.05) is 49.4 Å². The summed E-state index contributed by atoms with van der Waals surface area (Å²) >= 11 is 0. The second kappa shape index (κ2) is 8.07. The first-order valence-electron chi connectivity index (χ1n) is 10.0. The maximum absolute atomic E-state index is 12.4. The Morgan fingerprint density at radius 3 is 2.55 bits per heavy atom. The minimum Gasteiger partial charge on any atom is -0.423 e. The van der Waals surface area contributed by atoms with Crippen LogP contribution in [0, 0.1) is 12.8 Å². The molecule has 0 unspecified atom stereocenters. The Labute approximate surface area is 169 Å². The molecule has 2 aromatic carbocycles. The number of aryl methyl sites for hydroxylation is 1. The molecular weight excluding hydrogens is 366 g/mol. The number of rotatable bonds is 5. The second-order valence-electron chi connectivity index (χ2n) is 7.78. The number of hydrogen-bond donors (Lipinski definition) is 1. The third-order valence-corrected chi connectivity index (χ3v) is 5.52. The van der Waals surface area contributed by atoms with E-state index in [4.69, 9.17) is 4.42 Å². The molecule has 0 atom stereocenters. The van der Waals surface area contributed by atoms with Gasteiger partial charge in [0.15, 0.2) is 11.4 Å². The molecule has 4 rings (SSSR count). The van der Waals surface area contributed by atoms with Crippen LogP contribution in [0.2, 0.25) is 0 Å². The minimum absolute atomic E-state index is 0.0578. The van der Waals surface area contributed by atoms with Gasteiger partial charge in [0.2, 0.25) is 5.91 Å². The topological polar surface area (TPSA) is 75.4 Å². The molecule has 0 spiro atoms. The molecule has 1 fully saturated rings. The smallest absolute Gasteiger partial charge is 0.302 e. The molecule has 1 N–H and O–H groups in total. The first kappa shape index (κ1) is 19.2. The summed E-state index contributed by atoms with van der Waals surface area (Å²) in [5.74, 6) is 0.363. The predicted octanol–water partition coefficient (Wildman–Crippen LogP) is 4.58. The standard InChI is InChI=1S/C23H25N3O3/c1-15-3-8-21-20(13-15)24-23(29-21)25-22(28)14-17-9-11-26(12-10-17)19-6-4-18(5-7-19)16(2)27/h3-8,13,17H,9-12,14H2,1-2H3,(H,24,25,28). The van der Waals surface area contributed by atoms with E-state index in [0.717, 1.165) is 48.3 Å². The van der Waals surface area contributed by atoms with E-state index >= 15 is 0 Å². The Hall–Kier alpha value is -3.15. The Kier molecular flexibility index (Phi) is 5.34. The third-order valence-electron chi connectivity index (χ3n) is 5.52. The largest absolute Gasteiger partial charge is 0.423 e. The quantitative estimate of drug-likeness (QED) is 0.644. The van der Waals surface area contributed by atoms with Crippen molar-refractivity contribution in [3.8, 4) is 0 Å². The number of hydrogen-bond acceptors (Lipinski definition) is 5. The number of piperidine rings is 1. The van der Waals surface area contributed by atoms with Crippen molar-refractivity contribution in [3.63, 3.8) is 0 Å². The van der Waals surface area contributed by atoms with Crippen LogP contribution in [0.15, 0.2) is 46.9 Å². The summed E-state index contributed by atoms with van der Waals surface area (Å²) in [6.45, 7) is 5.38. The fourth-order valence-electron chi connectivity index (χ4n) is 3.83. The van der Waals surface area contributed by atoms with Crippen molar-refractivity contribution in [2.75, 3.05) is 23.3 Å². The van der Waals surface area contributed by atoms with Crippen molar-refractivity contribution in [3.05, 3.63) is 53.6 Å². The van der Waals surface area contributed by atoms with Gasteiger partial charge >= 0.3 is 6.01 Å². The van der Waals surface area contributed by atoms with Crippen LogP contribution in [0.4, 0.5) is 11.7 Å². The van der Waals surface area contributed by atoms with E-state index in [1.165, 1.54) is 0 Å². The van der Waals surface area contributed by atoms with Gasteiger partial charge in [-0.05, 0) is 74.6 Å². The van der Waals surface area contributed by atoms with Gasteiger partial charge in [-0.25, -0.2) is 0 Å². The van der Waals surface area contributed by atoms with E-state index in [2.05, 4.69) is 15.2 Å². The van der Waals surface area contributed by atoms with E-state index in [9.17, 15) is 9.59 Å². The molecule has 6 nitrogen and oxygen atoms in total. The van der Waals surface area contributed by atoms with Gasteiger partial charge in [-0.15, -0.1) is 0 Å². The molecule has 3 aromatic rings. The molecule has 2 heterocycles. The molecule has 29 heavy (non-hydrogen) atoms. The van der Waals surface area contributed by atoms with Crippen LogP contribution in [0.5, 0.6) is 0 Å². The number of Topliss-reactive ketones (excluding diaryl/α,β-unsaturated/α-hetero) is 1. The maximum atomic E-state index is 12.4. The molecule has 1 aromatic heterocycles. The van der Waals surface area contributed by atoms with Gasteiger partial charge in [-0.1, -0.05) is 6.07 Å². The molecule has 6 heteroatoms. The van der Waals surface area contributed by atoms with Gasteiger partial charge < -0.3 is 9.32 Å². The third kappa shape index (κ3) is 4.47. The van der Waals surface area contributed by atoms with Crippen molar-refractivity contribution in [2.45, 2.75) is 33.1 Å². The highest BCUT2D eigenvalue weighted by Gasteiger charge is 2.22. The van der Waals surface area contributed by atoms with Gasteiger partial charge in [0, 0.05) is 30.8 Å². The van der Waals surface area contributed by atoms with Crippen LogP contribution in [-0.2, 0) is 4.79 Å². The summed E-state index contributed by atoms with van der Waals surface area (Å²) in [4.78, 5) is 30.5. The fraction of sp³-hybridized carbons (Fsp3) is 0.348. The number of oxazole rings is 1. The van der Waals surface area contributed by atoms with E-state index < -0.39 is 0 Å². The van der Waals surface area contributed by atoms with Gasteiger partial charge in [0.05, 0.1) is 0 Å². The number of nitrogens with one attached hydrogen (secondary N) is 1. The number of carbonyl (C=O) groups is 2. The van der Waals surface area contributed by atoms with Gasteiger partial charge in [0.25, 0.3) is 0 Å². The maximum Gasteiger partial charge on any atom is 0.302 e. The van der Waals surface area contributed by atoms with Crippen LogP contribution in [-0.4, -0.2) is 29.8 Å². The summed E-state index contributed by atoms with van der Waals surface area (Å²) < 4.78 is 5.61. The zero-order valence-corrected chi connectivity index (χ0v) is 16.8. The summed E-state index contributed by atoms with van der Waals surface area (Å²) in [5, 5.41) is 2.80. The van der Waals surface area contributed by atoms with Crippen LogP contribution in [0.3, 0.4) is 0 Å². The number of anilines is 2. The lowest BCUT2D eigenvalue weighted by Crippen LogP contribution is -2.34. The van der Waals surface area contributed by atoms with Crippen molar-refractivity contribution in [1.29, 1.82) is 0 Å². The molecule has 0 saturated carbocycles. The van der Waals surface area contributed by atoms with E-state index in [0.29, 0.717) is 17.9 Å². The summed E-state index contributed by atoms with van der Waals surface area (Å²) in [6.07, 6.45) is 2.37. The average Bonchev–Trinajstić information content (AvgIpc) is 3.09. The zero-order chi connectivity index (χ0) is 20.4. The Bertz CT molecular complexity index is 1030. The van der Waals surface area contributed by atoms with Crippen LogP contribution < -0.4 is 10.2 Å². The number of carbonyl (C=O) groups excluding carboxylic acids is 2. The SMILES string of the molecule is CC(=O)c1ccc(N2CCC(CC(=O)Nc3nc4cc(C)ccc4o3)CC2)cc1. The van der Waals surface area contributed by atoms with Crippen molar-refractivity contribution < 1.29 is 14.0 Å². The lowest BCUT2D eigenvalue weighted by Gasteiger charge is -2.33. The molecule has 0 aliphatic carbocycles. The fourth-order valence-corrected chi connectivity index (χ4v) is 3.83. The molecule has 0 radical (unpaired) electrons. The monoisotopic (exact) mass is 391 g/mol. The number of fused-ring (bicyclic) bond motifs is 1. The van der Waals surface area contributed by atoms with Crippen LogP contribution in [0.1, 0.15) is 42.1 Å². The van der Waals surface area contributed by atoms with E-state index in [-0.39, 0.29) is 17.7 Å². The average molecular weight is 391 g/mol. The Balaban J connectivity index is 1.29. The van der Waals surface area contributed by atoms with E-state index in [1.54, 1.807) is 6.92 Å². The molecule has 1 amide bonds. The molecule has 150 valence electrons. The molecule has 1 aliphatic heterocycles. The summed E-state index contributed by atoms with van der Waals surface area (Å²) in [7, 11) is 0. The Morgan fingerprint density at radius 2 is 1.86 bits per heavy atom. The van der Waals surface area contributed by atoms with Crippen molar-refractivity contribution in [1.82, 2.24) is 4.98 Å². The predicted molar refractivity (Wildman–Crippen MR) is 113 cm³/mol. The lowest BCUT2D eigenvalue weighted by molar-refractivity contribution is -0.117. The van der Waals surface area contributed by atoms with Gasteiger partial charge in [-0.3, -0.25) is 14.9 Å². The highest BCUT2D eigenvalue weighted by atomic mass is 16.4. The summed E-state index contributed by atoms with van der Waals surface area (Å²) in [6, 6.07) is 13.8. The zero-order valence-electron chi connectivity index (χ0n) is 16.8. The first-order chi connectivity index (χ1) is 14.0. The molecule has 0 bridgehead atoms. The minimum atomic E-state index is -0.0578. The van der Waals surface area contributed by atoms with Gasteiger partial charge in [0.1, 0.15) is 5.52 Å². The lowest BCUT2D eigenvalue weighted by atomic mass is 9.93. The van der Waals surface area contributed by atoms with Gasteiger partial charge in [-0.2, -0.15) is 4.98 Å². The van der Waals surface area contributed by atoms with Crippen molar-refractivity contribution in [2.24, 2.45) is 5.92 Å². The molecule has 1 aliphatic rings. The van der Waals surface area contributed by atoms with Crippen LogP contribution in [0.25, 0.3) is 11.1 Å². The number of nitrogens with zero attached hydrogens (tertiary/aromatic N) is 2. The highest BCUT2D eigenvalue weighted by molar-refractivity contribution is 5.94. The number of aromatic nitrogens is 1. The number of benzene rings is 2. The Morgan fingerprint density at radius 1 is 1.14 bits per heavy atom. The van der Waals surface area contributed by atoms with Crippen molar-refractivity contribution >= 4 is 34.5 Å². The first-order valence-corrected chi connectivity index (χ1v) is 10.0. The normalized spacial score (nSPS) is 14.9. The number of ketones is 1. The highest BCUT2D eigenvalue weighted by Crippen LogP contribution is 2.26. The molecule has 1 saturated heterocycles. The molecular formula is C23H25N3O3. The van der Waals surface area contributed by atoms with Crippen LogP contribution >= 0.6 is 0 Å². The number of amides is 1. The summed E-state index contributed by atoms with van der Waals surface area (Å²) in [5.41, 5.74) is 4.39. The second-order valence-corrected chi connectivity index (χ2v) is 7.78.